The van der Waals surface area contributed by atoms with Crippen LogP contribution in [-0.2, 0) is 0 Å². The first kappa shape index (κ1) is 8.85. The van der Waals surface area contributed by atoms with Crippen LogP contribution in [-0.4, -0.2) is 7.11 Å². The third kappa shape index (κ3) is 1.10. The Bertz CT molecular complexity index is 525. The normalized spacial score (nSPS) is 10.0. The predicted octanol–water partition coefficient (Wildman–Crippen LogP) is 2.36. The first-order valence-corrected chi connectivity index (χ1v) is 4.89. The number of thiophene rings is 1. The third-order valence-electron chi connectivity index (χ3n) is 2.05. The maximum absolute atomic E-state index is 8.89. The maximum Gasteiger partial charge on any atom is 0.160 e. The van der Waals surface area contributed by atoms with E-state index in [4.69, 9.17) is 15.7 Å². The fraction of sp³-hybridized carbons (Fsp3) is 0.100. The molecule has 0 saturated heterocycles. The van der Waals surface area contributed by atoms with Crippen molar-refractivity contribution in [3.63, 3.8) is 0 Å². The minimum absolute atomic E-state index is 0.474. The second-order valence-electron chi connectivity index (χ2n) is 2.82. The van der Waals surface area contributed by atoms with Gasteiger partial charge in [0.25, 0.3) is 0 Å². The number of rotatable bonds is 1. The van der Waals surface area contributed by atoms with Gasteiger partial charge in [-0.2, -0.15) is 5.26 Å². The molecule has 2 aromatic rings. The van der Waals surface area contributed by atoms with E-state index in [0.717, 1.165) is 10.1 Å². The smallest absolute Gasteiger partial charge is 0.160 e. The van der Waals surface area contributed by atoms with Crippen molar-refractivity contribution in [3.8, 4) is 11.8 Å². The van der Waals surface area contributed by atoms with Crippen molar-refractivity contribution >= 4 is 27.1 Å². The third-order valence-corrected chi connectivity index (χ3v) is 3.02. The van der Waals surface area contributed by atoms with Gasteiger partial charge in [0, 0.05) is 0 Å². The second kappa shape index (κ2) is 3.20. The Balaban J connectivity index is 2.87. The molecule has 0 aliphatic heterocycles. The Hall–Kier alpha value is -1.73. The van der Waals surface area contributed by atoms with E-state index in [9.17, 15) is 0 Å². The lowest BCUT2D eigenvalue weighted by Gasteiger charge is -2.06. The molecule has 0 aliphatic rings. The number of anilines is 1. The average molecular weight is 204 g/mol. The molecule has 1 heterocycles. The number of hydrogen-bond donors (Lipinski definition) is 1. The summed E-state index contributed by atoms with van der Waals surface area (Å²) in [7, 11) is 1.52. The zero-order valence-electron chi connectivity index (χ0n) is 7.57. The molecule has 0 amide bonds. The van der Waals surface area contributed by atoms with Crippen molar-refractivity contribution in [1.29, 1.82) is 5.26 Å². The van der Waals surface area contributed by atoms with Gasteiger partial charge in [-0.25, -0.2) is 0 Å². The molecule has 0 radical (unpaired) electrons. The molecule has 0 saturated carbocycles. The zero-order chi connectivity index (χ0) is 10.1. The molecular weight excluding hydrogens is 196 g/mol. The lowest BCUT2D eigenvalue weighted by Crippen LogP contribution is -1.95. The number of nitrogens with zero attached hydrogens (tertiary/aromatic N) is 1. The zero-order valence-corrected chi connectivity index (χ0v) is 8.39. The van der Waals surface area contributed by atoms with Crippen LogP contribution in [0.5, 0.6) is 5.75 Å². The summed E-state index contributed by atoms with van der Waals surface area (Å²) in [5.74, 6) is 0.474. The van der Waals surface area contributed by atoms with E-state index < -0.39 is 0 Å². The number of methoxy groups -OCH3 is 1. The van der Waals surface area contributed by atoms with Crippen LogP contribution in [0.15, 0.2) is 17.5 Å². The quantitative estimate of drug-likeness (QED) is 0.725. The topological polar surface area (TPSA) is 59.0 Å². The van der Waals surface area contributed by atoms with Crippen LogP contribution in [0.4, 0.5) is 5.69 Å². The van der Waals surface area contributed by atoms with Crippen LogP contribution in [0.3, 0.4) is 0 Å². The van der Waals surface area contributed by atoms with Crippen LogP contribution in [0.2, 0.25) is 0 Å². The molecule has 1 aromatic heterocycles. The first-order chi connectivity index (χ1) is 6.77. The molecule has 0 bridgehead atoms. The van der Waals surface area contributed by atoms with Gasteiger partial charge in [-0.3, -0.25) is 0 Å². The highest BCUT2D eigenvalue weighted by Gasteiger charge is 2.11. The minimum atomic E-state index is 0.474. The highest BCUT2D eigenvalue weighted by atomic mass is 32.1. The molecule has 0 spiro atoms. The molecule has 0 unspecified atom stereocenters. The minimum Gasteiger partial charge on any atom is -0.493 e. The summed E-state index contributed by atoms with van der Waals surface area (Å²) in [4.78, 5) is 0. The summed E-state index contributed by atoms with van der Waals surface area (Å²) < 4.78 is 6.08. The molecule has 14 heavy (non-hydrogen) atoms. The second-order valence-corrected chi connectivity index (χ2v) is 3.74. The van der Waals surface area contributed by atoms with Gasteiger partial charge in [-0.1, -0.05) is 0 Å². The van der Waals surface area contributed by atoms with E-state index in [1.54, 1.807) is 17.4 Å². The first-order valence-electron chi connectivity index (χ1n) is 4.01. The Morgan fingerprint density at radius 2 is 2.36 bits per heavy atom. The molecule has 1 aromatic carbocycles. The van der Waals surface area contributed by atoms with Gasteiger partial charge in [0.2, 0.25) is 0 Å². The molecule has 3 nitrogen and oxygen atoms in total. The van der Waals surface area contributed by atoms with Gasteiger partial charge in [0.1, 0.15) is 6.07 Å². The van der Waals surface area contributed by atoms with Gasteiger partial charge < -0.3 is 10.5 Å². The summed E-state index contributed by atoms with van der Waals surface area (Å²) >= 11 is 1.55. The van der Waals surface area contributed by atoms with E-state index in [1.165, 1.54) is 7.11 Å². The van der Waals surface area contributed by atoms with Crippen molar-refractivity contribution in [2.24, 2.45) is 0 Å². The molecular formula is C10H8N2OS. The van der Waals surface area contributed by atoms with Gasteiger partial charge in [-0.15, -0.1) is 11.3 Å². The van der Waals surface area contributed by atoms with E-state index in [0.29, 0.717) is 17.0 Å². The lowest BCUT2D eigenvalue weighted by atomic mass is 10.1. The average Bonchev–Trinajstić information content (AvgIpc) is 2.65. The van der Waals surface area contributed by atoms with Crippen molar-refractivity contribution in [1.82, 2.24) is 0 Å². The van der Waals surface area contributed by atoms with E-state index in [1.807, 2.05) is 11.4 Å². The number of nitrogens with two attached hydrogens (primary N) is 1. The fourth-order valence-electron chi connectivity index (χ4n) is 1.42. The number of nitriles is 1. The van der Waals surface area contributed by atoms with E-state index >= 15 is 0 Å². The van der Waals surface area contributed by atoms with Crippen LogP contribution < -0.4 is 10.5 Å². The van der Waals surface area contributed by atoms with Crippen LogP contribution in [0.25, 0.3) is 10.1 Å². The van der Waals surface area contributed by atoms with Crippen molar-refractivity contribution in [2.45, 2.75) is 0 Å². The largest absolute Gasteiger partial charge is 0.493 e. The Morgan fingerprint density at radius 3 is 3.00 bits per heavy atom. The summed E-state index contributed by atoms with van der Waals surface area (Å²) in [6.45, 7) is 0. The van der Waals surface area contributed by atoms with Crippen molar-refractivity contribution in [3.05, 3.63) is 23.1 Å². The van der Waals surface area contributed by atoms with Gasteiger partial charge in [0.15, 0.2) is 5.75 Å². The molecule has 4 heteroatoms. The maximum atomic E-state index is 8.89. The van der Waals surface area contributed by atoms with Crippen molar-refractivity contribution in [2.75, 3.05) is 12.8 Å². The monoisotopic (exact) mass is 204 g/mol. The molecule has 0 atom stereocenters. The highest BCUT2D eigenvalue weighted by molar-refractivity contribution is 7.17. The van der Waals surface area contributed by atoms with E-state index in [-0.39, 0.29) is 0 Å². The molecule has 2 rings (SSSR count). The number of nitrogen functional groups attached to an aromatic ring is 1. The summed E-state index contributed by atoms with van der Waals surface area (Å²) in [6, 6.07) is 5.80. The Labute approximate surface area is 85.3 Å². The molecule has 70 valence electrons. The number of benzene rings is 1. The highest BCUT2D eigenvalue weighted by Crippen LogP contribution is 2.36. The van der Waals surface area contributed by atoms with E-state index in [2.05, 4.69) is 6.07 Å². The summed E-state index contributed by atoms with van der Waals surface area (Å²) in [5.41, 5.74) is 6.92. The SMILES string of the molecule is COc1c(C#N)cc2ccsc2c1N. The lowest BCUT2D eigenvalue weighted by molar-refractivity contribution is 0.416. The molecule has 2 N–H and O–H groups in total. The summed E-state index contributed by atoms with van der Waals surface area (Å²) in [5, 5.41) is 11.8. The van der Waals surface area contributed by atoms with Gasteiger partial charge >= 0.3 is 0 Å². The molecule has 0 aliphatic carbocycles. The van der Waals surface area contributed by atoms with Gasteiger partial charge in [-0.05, 0) is 22.9 Å². The Kier molecular flexibility index (Phi) is 2.02. The number of ether oxygens (including phenoxy) is 1. The van der Waals surface area contributed by atoms with Crippen LogP contribution >= 0.6 is 11.3 Å². The summed E-state index contributed by atoms with van der Waals surface area (Å²) in [6.07, 6.45) is 0. The van der Waals surface area contributed by atoms with Crippen LogP contribution in [0, 0.1) is 11.3 Å². The Morgan fingerprint density at radius 1 is 1.57 bits per heavy atom. The predicted molar refractivity (Wildman–Crippen MR) is 57.5 cm³/mol. The number of fused-ring (bicyclic) bond motifs is 1. The fourth-order valence-corrected chi connectivity index (χ4v) is 2.26. The molecule has 0 fully saturated rings. The standard InChI is InChI=1S/C10H8N2OS/c1-13-9-7(5-11)4-6-2-3-14-10(6)8(9)12/h2-4H,12H2,1H3. The number of hydrogen-bond acceptors (Lipinski definition) is 4. The van der Waals surface area contributed by atoms with Gasteiger partial charge in [0.05, 0.1) is 23.1 Å². The van der Waals surface area contributed by atoms with Crippen LogP contribution in [0.1, 0.15) is 5.56 Å². The van der Waals surface area contributed by atoms with Crippen molar-refractivity contribution < 1.29 is 4.74 Å².